The van der Waals surface area contributed by atoms with Gasteiger partial charge in [-0.15, -0.1) is 0 Å². The lowest BCUT2D eigenvalue weighted by Gasteiger charge is -2.26. The molecule has 0 saturated carbocycles. The van der Waals surface area contributed by atoms with Crippen molar-refractivity contribution >= 4 is 17.4 Å². The lowest BCUT2D eigenvalue weighted by Crippen LogP contribution is -2.32. The zero-order chi connectivity index (χ0) is 24.1. The van der Waals surface area contributed by atoms with Gasteiger partial charge in [-0.05, 0) is 69.2 Å². The molecule has 0 aliphatic carbocycles. The minimum Gasteiger partial charge on any atom is -0.507 e. The van der Waals surface area contributed by atoms with E-state index >= 15 is 0 Å². The Hall–Kier alpha value is -3.12. The summed E-state index contributed by atoms with van der Waals surface area (Å²) >= 11 is 0. The van der Waals surface area contributed by atoms with E-state index in [0.29, 0.717) is 24.6 Å². The molecule has 1 N–H and O–H groups in total. The zero-order valence-corrected chi connectivity index (χ0v) is 20.2. The van der Waals surface area contributed by atoms with Crippen molar-refractivity contribution in [3.05, 3.63) is 70.8 Å². The number of nitrogens with zero attached hydrogens (tertiary/aromatic N) is 2. The monoisotopic (exact) mass is 450 g/mol. The number of hydrogen-bond acceptors (Lipinski definition) is 5. The number of rotatable bonds is 9. The molecule has 2 aromatic carbocycles. The molecule has 6 heteroatoms. The highest BCUT2D eigenvalue weighted by Gasteiger charge is 2.45. The third kappa shape index (κ3) is 5.63. The number of aliphatic hydroxyl groups excluding tert-OH is 1. The lowest BCUT2D eigenvalue weighted by molar-refractivity contribution is -0.139. The van der Waals surface area contributed by atoms with Crippen molar-refractivity contribution in [2.24, 2.45) is 5.92 Å². The highest BCUT2D eigenvalue weighted by Crippen LogP contribution is 2.39. The van der Waals surface area contributed by atoms with Gasteiger partial charge in [-0.1, -0.05) is 44.2 Å². The number of Topliss-reactive ketones (excluding diaryl/α,β-unsaturated/α-hetero) is 1. The van der Waals surface area contributed by atoms with Crippen LogP contribution in [0.15, 0.2) is 54.1 Å². The van der Waals surface area contributed by atoms with E-state index in [0.717, 1.165) is 29.8 Å². The molecule has 1 aliphatic heterocycles. The molecule has 3 rings (SSSR count). The van der Waals surface area contributed by atoms with Gasteiger partial charge in [-0.3, -0.25) is 9.59 Å². The first kappa shape index (κ1) is 24.5. The van der Waals surface area contributed by atoms with Crippen molar-refractivity contribution in [2.75, 3.05) is 33.8 Å². The van der Waals surface area contributed by atoms with Crippen LogP contribution >= 0.6 is 0 Å². The summed E-state index contributed by atoms with van der Waals surface area (Å²) in [7, 11) is 3.94. The van der Waals surface area contributed by atoms with Gasteiger partial charge in [0.1, 0.15) is 11.5 Å². The van der Waals surface area contributed by atoms with Crippen LogP contribution in [0, 0.1) is 12.8 Å². The smallest absolute Gasteiger partial charge is 0.295 e. The minimum absolute atomic E-state index is 0.131. The third-order valence-electron chi connectivity index (χ3n) is 5.68. The Morgan fingerprint density at radius 1 is 1.12 bits per heavy atom. The van der Waals surface area contributed by atoms with Crippen LogP contribution in [0.25, 0.3) is 5.76 Å². The summed E-state index contributed by atoms with van der Waals surface area (Å²) < 4.78 is 5.84. The third-order valence-corrected chi connectivity index (χ3v) is 5.68. The topological polar surface area (TPSA) is 70.1 Å². The fraction of sp³-hybridized carbons (Fsp3) is 0.407. The summed E-state index contributed by atoms with van der Waals surface area (Å²) in [5.74, 6) is -0.242. The average molecular weight is 451 g/mol. The first-order valence-electron chi connectivity index (χ1n) is 11.4. The number of amides is 1. The van der Waals surface area contributed by atoms with Gasteiger partial charge in [0.15, 0.2) is 0 Å². The van der Waals surface area contributed by atoms with E-state index in [4.69, 9.17) is 4.74 Å². The standard InChI is InChI=1S/C27H34N2O4/c1-18(2)17-33-22-13-12-21(16-19(22)3)25(30)23-24(20-10-7-6-8-11-20)29(27(32)26(23)31)15-9-14-28(4)5/h6-8,10-13,16,18,24,30H,9,14-15,17H2,1-5H3/b25-23+. The van der Waals surface area contributed by atoms with Gasteiger partial charge >= 0.3 is 0 Å². The number of ether oxygens (including phenoxy) is 1. The number of aliphatic hydroxyl groups is 1. The molecule has 0 spiro atoms. The molecule has 1 heterocycles. The molecule has 1 atom stereocenters. The van der Waals surface area contributed by atoms with Crippen LogP contribution in [-0.2, 0) is 9.59 Å². The highest BCUT2D eigenvalue weighted by molar-refractivity contribution is 6.46. The van der Waals surface area contributed by atoms with Crippen molar-refractivity contribution in [3.8, 4) is 5.75 Å². The average Bonchev–Trinajstić information content (AvgIpc) is 3.03. The number of likely N-dealkylation sites (tertiary alicyclic amines) is 1. The maximum atomic E-state index is 13.1. The Kier molecular flexibility index (Phi) is 7.92. The van der Waals surface area contributed by atoms with Crippen molar-refractivity contribution < 1.29 is 19.4 Å². The van der Waals surface area contributed by atoms with Gasteiger partial charge in [0.05, 0.1) is 18.2 Å². The Labute approximate surface area is 196 Å². The Morgan fingerprint density at radius 3 is 2.42 bits per heavy atom. The SMILES string of the molecule is Cc1cc(/C(O)=C2\C(=O)C(=O)N(CCCN(C)C)C2c2ccccc2)ccc1OCC(C)C. The summed E-state index contributed by atoms with van der Waals surface area (Å²) in [6.45, 7) is 7.88. The van der Waals surface area contributed by atoms with Crippen LogP contribution in [0.1, 0.15) is 43.0 Å². The van der Waals surface area contributed by atoms with E-state index in [1.165, 1.54) is 0 Å². The molecule has 1 unspecified atom stereocenters. The van der Waals surface area contributed by atoms with Crippen LogP contribution in [0.2, 0.25) is 0 Å². The number of aryl methyl sites for hydroxylation is 1. The second-order valence-electron chi connectivity index (χ2n) is 9.25. The fourth-order valence-corrected chi connectivity index (χ4v) is 4.02. The lowest BCUT2D eigenvalue weighted by atomic mass is 9.95. The van der Waals surface area contributed by atoms with Crippen molar-refractivity contribution in [2.45, 2.75) is 33.2 Å². The number of hydrogen-bond donors (Lipinski definition) is 1. The maximum absolute atomic E-state index is 13.1. The number of carbonyl (C=O) groups excluding carboxylic acids is 2. The van der Waals surface area contributed by atoms with Gasteiger partial charge in [0.2, 0.25) is 0 Å². The van der Waals surface area contributed by atoms with Gasteiger partial charge < -0.3 is 19.6 Å². The molecule has 176 valence electrons. The Morgan fingerprint density at radius 2 is 1.82 bits per heavy atom. The van der Waals surface area contributed by atoms with Crippen LogP contribution in [0.5, 0.6) is 5.75 Å². The van der Waals surface area contributed by atoms with Crippen LogP contribution in [0.4, 0.5) is 0 Å². The normalized spacial score (nSPS) is 17.9. The largest absolute Gasteiger partial charge is 0.507 e. The molecule has 6 nitrogen and oxygen atoms in total. The zero-order valence-electron chi connectivity index (χ0n) is 20.2. The molecule has 0 aromatic heterocycles. The minimum atomic E-state index is -0.649. The first-order chi connectivity index (χ1) is 15.7. The maximum Gasteiger partial charge on any atom is 0.295 e. The highest BCUT2D eigenvalue weighted by atomic mass is 16.5. The quantitative estimate of drug-likeness (QED) is 0.348. The molecule has 0 bridgehead atoms. The second-order valence-corrected chi connectivity index (χ2v) is 9.25. The molecule has 1 fully saturated rings. The molecule has 1 aliphatic rings. The summed E-state index contributed by atoms with van der Waals surface area (Å²) in [4.78, 5) is 29.7. The molecule has 0 radical (unpaired) electrons. The van der Waals surface area contributed by atoms with E-state index in [1.54, 1.807) is 23.1 Å². The van der Waals surface area contributed by atoms with Gasteiger partial charge in [-0.2, -0.15) is 0 Å². The van der Waals surface area contributed by atoms with Crippen molar-refractivity contribution in [1.29, 1.82) is 0 Å². The summed E-state index contributed by atoms with van der Waals surface area (Å²) in [5, 5.41) is 11.2. The van der Waals surface area contributed by atoms with Gasteiger partial charge in [0.25, 0.3) is 11.7 Å². The molecule has 1 amide bonds. The molecular weight excluding hydrogens is 416 g/mol. The Balaban J connectivity index is 2.01. The van der Waals surface area contributed by atoms with E-state index in [9.17, 15) is 14.7 Å². The van der Waals surface area contributed by atoms with Crippen molar-refractivity contribution in [3.63, 3.8) is 0 Å². The molecule has 33 heavy (non-hydrogen) atoms. The van der Waals surface area contributed by atoms with E-state index in [2.05, 4.69) is 13.8 Å². The first-order valence-corrected chi connectivity index (χ1v) is 11.4. The van der Waals surface area contributed by atoms with Crippen LogP contribution in [0.3, 0.4) is 0 Å². The number of carbonyl (C=O) groups is 2. The van der Waals surface area contributed by atoms with Crippen LogP contribution < -0.4 is 4.74 Å². The van der Waals surface area contributed by atoms with E-state index in [-0.39, 0.29) is 11.3 Å². The van der Waals surface area contributed by atoms with Crippen LogP contribution in [-0.4, -0.2) is 60.4 Å². The predicted octanol–water partition coefficient (Wildman–Crippen LogP) is 4.40. The number of ketones is 1. The fourth-order valence-electron chi connectivity index (χ4n) is 4.02. The summed E-state index contributed by atoms with van der Waals surface area (Å²) in [6, 6.07) is 14.1. The predicted molar refractivity (Wildman–Crippen MR) is 130 cm³/mol. The molecule has 2 aromatic rings. The molecular formula is C27H34N2O4. The van der Waals surface area contributed by atoms with E-state index in [1.807, 2.05) is 56.3 Å². The number of benzene rings is 2. The van der Waals surface area contributed by atoms with Gasteiger partial charge in [-0.25, -0.2) is 0 Å². The Bertz CT molecular complexity index is 1030. The molecule has 1 saturated heterocycles. The summed E-state index contributed by atoms with van der Waals surface area (Å²) in [6.07, 6.45) is 0.727. The summed E-state index contributed by atoms with van der Waals surface area (Å²) in [5.41, 5.74) is 2.29. The van der Waals surface area contributed by atoms with Crippen molar-refractivity contribution in [1.82, 2.24) is 9.80 Å². The van der Waals surface area contributed by atoms with Gasteiger partial charge in [0, 0.05) is 12.1 Å². The van der Waals surface area contributed by atoms with E-state index < -0.39 is 17.7 Å². The second kappa shape index (κ2) is 10.7.